The van der Waals surface area contributed by atoms with Crippen molar-refractivity contribution in [1.29, 1.82) is 0 Å². The molecular formula is C29H36N4O2S. The smallest absolute Gasteiger partial charge is 0.321 e. The summed E-state index contributed by atoms with van der Waals surface area (Å²) in [5, 5.41) is 4.35. The van der Waals surface area contributed by atoms with Crippen molar-refractivity contribution in [2.75, 3.05) is 37.8 Å². The number of aromatic amines is 1. The van der Waals surface area contributed by atoms with Gasteiger partial charge in [0.25, 0.3) is 0 Å². The van der Waals surface area contributed by atoms with E-state index >= 15 is 0 Å². The van der Waals surface area contributed by atoms with E-state index in [-0.39, 0.29) is 17.9 Å². The van der Waals surface area contributed by atoms with Gasteiger partial charge in [-0.3, -0.25) is 9.69 Å². The van der Waals surface area contributed by atoms with Crippen molar-refractivity contribution in [2.24, 2.45) is 5.92 Å². The highest BCUT2D eigenvalue weighted by Crippen LogP contribution is 2.35. The highest BCUT2D eigenvalue weighted by Gasteiger charge is 2.36. The van der Waals surface area contributed by atoms with Gasteiger partial charge in [-0.05, 0) is 99.7 Å². The van der Waals surface area contributed by atoms with Crippen LogP contribution in [0.15, 0.2) is 59.6 Å². The van der Waals surface area contributed by atoms with Crippen LogP contribution in [0.2, 0.25) is 0 Å². The number of para-hydroxylation sites is 1. The lowest BCUT2D eigenvalue weighted by molar-refractivity contribution is -0.125. The molecule has 5 rings (SSSR count). The van der Waals surface area contributed by atoms with Crippen LogP contribution in [0.4, 0.5) is 10.5 Å². The van der Waals surface area contributed by atoms with Crippen molar-refractivity contribution >= 4 is 40.2 Å². The van der Waals surface area contributed by atoms with Gasteiger partial charge in [0.15, 0.2) is 0 Å². The minimum absolute atomic E-state index is 0.0433. The van der Waals surface area contributed by atoms with Crippen LogP contribution in [0.1, 0.15) is 44.1 Å². The highest BCUT2D eigenvalue weighted by molar-refractivity contribution is 7.98. The Morgan fingerprint density at radius 2 is 1.67 bits per heavy atom. The topological polar surface area (TPSA) is 68.4 Å². The van der Waals surface area contributed by atoms with Gasteiger partial charge in [0.05, 0.1) is 6.04 Å². The molecule has 2 saturated heterocycles. The van der Waals surface area contributed by atoms with E-state index in [9.17, 15) is 9.59 Å². The zero-order chi connectivity index (χ0) is 25.1. The number of anilines is 1. The average molecular weight is 505 g/mol. The molecule has 0 aliphatic carbocycles. The third-order valence-corrected chi connectivity index (χ3v) is 8.76. The summed E-state index contributed by atoms with van der Waals surface area (Å²) < 4.78 is 0. The zero-order valence-corrected chi connectivity index (χ0v) is 22.0. The van der Waals surface area contributed by atoms with E-state index in [0.29, 0.717) is 24.9 Å². The molecule has 0 saturated carbocycles. The first-order valence-corrected chi connectivity index (χ1v) is 14.3. The second-order valence-corrected chi connectivity index (χ2v) is 11.0. The van der Waals surface area contributed by atoms with E-state index < -0.39 is 0 Å². The van der Waals surface area contributed by atoms with E-state index in [1.54, 1.807) is 18.7 Å². The molecular weight excluding hydrogens is 468 g/mol. The SMILES string of the molecule is CSc1ccc(NC(=O)N2CCC(C(C(C)=O)N3CCC(c4c[nH]c5ccccc45)CC3)CC2)cc1. The molecule has 2 N–H and O–H groups in total. The first kappa shape index (κ1) is 24.9. The van der Waals surface area contributed by atoms with Crippen LogP contribution in [-0.4, -0.2) is 65.1 Å². The number of nitrogens with one attached hydrogen (secondary N) is 2. The Labute approximate surface area is 217 Å². The number of likely N-dealkylation sites (tertiary alicyclic amines) is 2. The van der Waals surface area contributed by atoms with Crippen LogP contribution in [0.5, 0.6) is 0 Å². The molecule has 0 radical (unpaired) electrons. The van der Waals surface area contributed by atoms with Crippen LogP contribution in [0, 0.1) is 5.92 Å². The summed E-state index contributed by atoms with van der Waals surface area (Å²) in [5.41, 5.74) is 3.43. The van der Waals surface area contributed by atoms with Crippen LogP contribution >= 0.6 is 11.8 Å². The Hall–Kier alpha value is -2.77. The van der Waals surface area contributed by atoms with Crippen molar-refractivity contribution in [1.82, 2.24) is 14.8 Å². The zero-order valence-electron chi connectivity index (χ0n) is 21.2. The number of benzene rings is 2. The molecule has 2 fully saturated rings. The first-order valence-electron chi connectivity index (χ1n) is 13.0. The number of H-pyrrole nitrogens is 1. The number of Topliss-reactive ketones (excluding diaryl/α,β-unsaturated/α-hetero) is 1. The Balaban J connectivity index is 1.16. The van der Waals surface area contributed by atoms with E-state index in [0.717, 1.165) is 44.5 Å². The molecule has 1 aromatic heterocycles. The number of amides is 2. The number of ketones is 1. The van der Waals surface area contributed by atoms with E-state index in [1.165, 1.54) is 21.4 Å². The Morgan fingerprint density at radius 3 is 2.33 bits per heavy atom. The minimum atomic E-state index is -0.0516. The largest absolute Gasteiger partial charge is 0.361 e. The number of urea groups is 1. The second-order valence-electron chi connectivity index (χ2n) is 10.1. The number of thioether (sulfide) groups is 1. The van der Waals surface area contributed by atoms with Crippen molar-refractivity contribution in [2.45, 2.75) is 49.5 Å². The summed E-state index contributed by atoms with van der Waals surface area (Å²) in [5.74, 6) is 1.09. The van der Waals surface area contributed by atoms with Crippen LogP contribution in [-0.2, 0) is 4.79 Å². The van der Waals surface area contributed by atoms with Crippen molar-refractivity contribution < 1.29 is 9.59 Å². The summed E-state index contributed by atoms with van der Waals surface area (Å²) in [6, 6.07) is 16.3. The highest BCUT2D eigenvalue weighted by atomic mass is 32.2. The fourth-order valence-electron chi connectivity index (χ4n) is 6.10. The number of rotatable bonds is 6. The van der Waals surface area contributed by atoms with Gasteiger partial charge >= 0.3 is 6.03 Å². The normalized spacial score (nSPS) is 18.9. The lowest BCUT2D eigenvalue weighted by Gasteiger charge is -2.42. The quantitative estimate of drug-likeness (QED) is 0.406. The Morgan fingerprint density at radius 1 is 0.972 bits per heavy atom. The number of hydrogen-bond donors (Lipinski definition) is 2. The molecule has 2 aliphatic heterocycles. The summed E-state index contributed by atoms with van der Waals surface area (Å²) in [7, 11) is 0. The summed E-state index contributed by atoms with van der Waals surface area (Å²) in [4.78, 5) is 34.5. The number of carbonyl (C=O) groups is 2. The third-order valence-electron chi connectivity index (χ3n) is 8.02. The number of aromatic nitrogens is 1. The fraction of sp³-hybridized carbons (Fsp3) is 0.448. The number of piperidine rings is 2. The third kappa shape index (κ3) is 5.32. The number of nitrogens with zero attached hydrogens (tertiary/aromatic N) is 2. The number of fused-ring (bicyclic) bond motifs is 1. The van der Waals surface area contributed by atoms with Crippen molar-refractivity contribution in [3.05, 3.63) is 60.3 Å². The van der Waals surface area contributed by atoms with Gasteiger partial charge < -0.3 is 15.2 Å². The van der Waals surface area contributed by atoms with Gasteiger partial charge in [-0.25, -0.2) is 4.79 Å². The molecule has 0 bridgehead atoms. The fourth-order valence-corrected chi connectivity index (χ4v) is 6.51. The lowest BCUT2D eigenvalue weighted by Crippen LogP contribution is -2.52. The molecule has 36 heavy (non-hydrogen) atoms. The van der Waals surface area contributed by atoms with Gasteiger partial charge in [0.2, 0.25) is 0 Å². The van der Waals surface area contributed by atoms with Crippen LogP contribution in [0.3, 0.4) is 0 Å². The summed E-state index contributed by atoms with van der Waals surface area (Å²) in [6.07, 6.45) is 8.09. The molecule has 0 spiro atoms. The molecule has 190 valence electrons. The maximum absolute atomic E-state index is 12.8. The molecule has 2 aliphatic rings. The molecule has 7 heteroatoms. The van der Waals surface area contributed by atoms with E-state index in [2.05, 4.69) is 45.7 Å². The lowest BCUT2D eigenvalue weighted by atomic mass is 9.83. The van der Waals surface area contributed by atoms with E-state index in [4.69, 9.17) is 0 Å². The Bertz CT molecular complexity index is 1190. The van der Waals surface area contributed by atoms with Gasteiger partial charge in [-0.1, -0.05) is 18.2 Å². The molecule has 2 amide bonds. The maximum Gasteiger partial charge on any atom is 0.321 e. The number of carbonyl (C=O) groups excluding carboxylic acids is 2. The van der Waals surface area contributed by atoms with Crippen molar-refractivity contribution in [3.63, 3.8) is 0 Å². The summed E-state index contributed by atoms with van der Waals surface area (Å²) in [6.45, 7) is 5.01. The van der Waals surface area contributed by atoms with Gasteiger partial charge in [-0.2, -0.15) is 0 Å². The average Bonchev–Trinajstić information content (AvgIpc) is 3.34. The number of hydrogen-bond acceptors (Lipinski definition) is 4. The second kappa shape index (κ2) is 11.1. The standard InChI is InChI=1S/C29H36N4O2S/c1-20(34)28(32-15-11-21(12-16-32)26-19-30-27-6-4-3-5-25(26)27)22-13-17-33(18-14-22)29(35)31-23-7-9-24(36-2)10-8-23/h3-10,19,21-22,28,30H,11-18H2,1-2H3,(H,31,35). The minimum Gasteiger partial charge on any atom is -0.361 e. The predicted molar refractivity (Wildman–Crippen MR) is 148 cm³/mol. The molecule has 2 aromatic carbocycles. The summed E-state index contributed by atoms with van der Waals surface area (Å²) >= 11 is 1.68. The predicted octanol–water partition coefficient (Wildman–Crippen LogP) is 5.97. The molecule has 1 atom stereocenters. The van der Waals surface area contributed by atoms with Crippen LogP contribution < -0.4 is 5.32 Å². The first-order chi connectivity index (χ1) is 17.5. The molecule has 3 heterocycles. The molecule has 6 nitrogen and oxygen atoms in total. The molecule has 1 unspecified atom stereocenters. The monoisotopic (exact) mass is 504 g/mol. The maximum atomic E-state index is 12.8. The van der Waals surface area contributed by atoms with E-state index in [1.807, 2.05) is 35.4 Å². The van der Waals surface area contributed by atoms with Gasteiger partial charge in [-0.15, -0.1) is 11.8 Å². The Kier molecular flexibility index (Phi) is 7.67. The molecule has 3 aromatic rings. The van der Waals surface area contributed by atoms with Crippen molar-refractivity contribution in [3.8, 4) is 0 Å². The van der Waals surface area contributed by atoms with Gasteiger partial charge in [0.1, 0.15) is 5.78 Å². The van der Waals surface area contributed by atoms with Gasteiger partial charge in [0, 0.05) is 40.8 Å². The van der Waals surface area contributed by atoms with Crippen LogP contribution in [0.25, 0.3) is 10.9 Å².